The largest absolute Gasteiger partial charge is 0.496 e. The van der Waals surface area contributed by atoms with Gasteiger partial charge in [-0.05, 0) is 37.1 Å². The number of carbonyl (C=O) groups is 2. The molecule has 7 nitrogen and oxygen atoms in total. The summed E-state index contributed by atoms with van der Waals surface area (Å²) in [5.41, 5.74) is 0.953. The first-order chi connectivity index (χ1) is 14.0. The van der Waals surface area contributed by atoms with Gasteiger partial charge in [-0.1, -0.05) is 11.6 Å². The van der Waals surface area contributed by atoms with Crippen molar-refractivity contribution in [2.24, 2.45) is 0 Å². The van der Waals surface area contributed by atoms with E-state index in [2.05, 4.69) is 15.3 Å². The number of rotatable bonds is 4. The number of H-pyrrole nitrogens is 2. The number of methoxy groups -OCH3 is 1. The number of aromatic nitrogens is 2. The van der Waals surface area contributed by atoms with Crippen molar-refractivity contribution >= 4 is 34.3 Å². The fraction of sp³-hybridized carbons (Fsp3) is 0.300. The zero-order valence-corrected chi connectivity index (χ0v) is 16.5. The summed E-state index contributed by atoms with van der Waals surface area (Å²) in [4.78, 5) is 32.5. The van der Waals surface area contributed by atoms with Crippen molar-refractivity contribution in [3.8, 4) is 5.75 Å². The van der Waals surface area contributed by atoms with Crippen LogP contribution in [0.5, 0.6) is 5.75 Å². The second-order valence-corrected chi connectivity index (χ2v) is 7.43. The Kier molecular flexibility index (Phi) is 5.19. The highest BCUT2D eigenvalue weighted by molar-refractivity contribution is 6.30. The standard InChI is InChI=1S/C20H20ClFN4O3/c1-29-17-3-2-14(22)18-13(17)9-15(25-18)19(27)24-12-4-6-26(7-5-12)20(28)16-8-11(21)10-23-16/h2-3,8-10,12,23,25H,4-7H2,1H3,(H,24,27). The second-order valence-electron chi connectivity index (χ2n) is 6.99. The van der Waals surface area contributed by atoms with Crippen LogP contribution in [0.3, 0.4) is 0 Å². The molecule has 3 heterocycles. The third-order valence-corrected chi connectivity index (χ3v) is 5.38. The molecule has 2 amide bonds. The van der Waals surface area contributed by atoms with Gasteiger partial charge >= 0.3 is 0 Å². The Morgan fingerprint density at radius 1 is 1.24 bits per heavy atom. The Bertz CT molecular complexity index is 1070. The minimum atomic E-state index is -0.448. The molecule has 152 valence electrons. The summed E-state index contributed by atoms with van der Waals surface area (Å²) in [6, 6.07) is 5.93. The van der Waals surface area contributed by atoms with Crippen molar-refractivity contribution in [1.29, 1.82) is 0 Å². The number of fused-ring (bicyclic) bond motifs is 1. The predicted molar refractivity (Wildman–Crippen MR) is 107 cm³/mol. The molecule has 1 aromatic carbocycles. The Labute approximate surface area is 171 Å². The zero-order valence-electron chi connectivity index (χ0n) is 15.7. The average Bonchev–Trinajstić information content (AvgIpc) is 3.36. The highest BCUT2D eigenvalue weighted by atomic mass is 35.5. The molecular formula is C20H20ClFN4O3. The highest BCUT2D eigenvalue weighted by Crippen LogP contribution is 2.28. The van der Waals surface area contributed by atoms with Crippen LogP contribution in [0.4, 0.5) is 4.39 Å². The smallest absolute Gasteiger partial charge is 0.270 e. The molecule has 0 unspecified atom stereocenters. The summed E-state index contributed by atoms with van der Waals surface area (Å²) in [5.74, 6) is -0.382. The molecule has 1 aliphatic rings. The van der Waals surface area contributed by atoms with E-state index in [9.17, 15) is 14.0 Å². The number of piperidine rings is 1. The normalized spacial score (nSPS) is 14.9. The number of nitrogens with zero attached hydrogens (tertiary/aromatic N) is 1. The Morgan fingerprint density at radius 2 is 2.00 bits per heavy atom. The van der Waals surface area contributed by atoms with E-state index in [-0.39, 0.29) is 29.1 Å². The van der Waals surface area contributed by atoms with E-state index in [4.69, 9.17) is 16.3 Å². The molecule has 0 bridgehead atoms. The number of ether oxygens (including phenoxy) is 1. The van der Waals surface area contributed by atoms with Gasteiger partial charge in [0, 0.05) is 30.7 Å². The molecule has 4 rings (SSSR count). The van der Waals surface area contributed by atoms with Gasteiger partial charge in [-0.15, -0.1) is 0 Å². The van der Waals surface area contributed by atoms with Crippen molar-refractivity contribution < 1.29 is 18.7 Å². The van der Waals surface area contributed by atoms with Crippen LogP contribution < -0.4 is 10.1 Å². The van der Waals surface area contributed by atoms with Gasteiger partial charge in [-0.25, -0.2) is 4.39 Å². The van der Waals surface area contributed by atoms with Gasteiger partial charge in [0.2, 0.25) is 0 Å². The molecule has 9 heteroatoms. The molecule has 0 saturated carbocycles. The van der Waals surface area contributed by atoms with Gasteiger partial charge in [0.25, 0.3) is 11.8 Å². The number of nitrogens with one attached hydrogen (secondary N) is 3. The van der Waals surface area contributed by atoms with E-state index in [0.717, 1.165) is 0 Å². The first-order valence-electron chi connectivity index (χ1n) is 9.25. The molecule has 2 aromatic heterocycles. The lowest BCUT2D eigenvalue weighted by molar-refractivity contribution is 0.0692. The number of halogens is 2. The molecule has 1 saturated heterocycles. The van der Waals surface area contributed by atoms with Crippen molar-refractivity contribution in [2.75, 3.05) is 20.2 Å². The number of hydrogen-bond donors (Lipinski definition) is 3. The monoisotopic (exact) mass is 418 g/mol. The lowest BCUT2D eigenvalue weighted by atomic mass is 10.0. The van der Waals surface area contributed by atoms with Gasteiger partial charge < -0.3 is 24.9 Å². The third kappa shape index (κ3) is 3.80. The third-order valence-electron chi connectivity index (χ3n) is 5.16. The quantitative estimate of drug-likeness (QED) is 0.607. The molecule has 0 radical (unpaired) electrons. The Balaban J connectivity index is 1.39. The summed E-state index contributed by atoms with van der Waals surface area (Å²) in [6.45, 7) is 1.05. The summed E-state index contributed by atoms with van der Waals surface area (Å²) in [6.07, 6.45) is 2.83. The van der Waals surface area contributed by atoms with Gasteiger partial charge in [-0.3, -0.25) is 9.59 Å². The topological polar surface area (TPSA) is 90.2 Å². The number of carbonyl (C=O) groups excluding carboxylic acids is 2. The predicted octanol–water partition coefficient (Wildman–Crippen LogP) is 3.33. The van der Waals surface area contributed by atoms with Crippen molar-refractivity contribution in [3.63, 3.8) is 0 Å². The number of benzene rings is 1. The summed E-state index contributed by atoms with van der Waals surface area (Å²) < 4.78 is 19.3. The maximum Gasteiger partial charge on any atom is 0.270 e. The van der Waals surface area contributed by atoms with Gasteiger partial charge in [0.1, 0.15) is 23.0 Å². The molecule has 3 aromatic rings. The zero-order chi connectivity index (χ0) is 20.5. The van der Waals surface area contributed by atoms with Crippen molar-refractivity contribution in [2.45, 2.75) is 18.9 Å². The fourth-order valence-electron chi connectivity index (χ4n) is 3.61. The van der Waals surface area contributed by atoms with Gasteiger partial charge in [-0.2, -0.15) is 0 Å². The number of aromatic amines is 2. The van der Waals surface area contributed by atoms with Crippen LogP contribution in [0.2, 0.25) is 5.02 Å². The van der Waals surface area contributed by atoms with E-state index < -0.39 is 5.82 Å². The Hall–Kier alpha value is -3.00. The summed E-state index contributed by atoms with van der Waals surface area (Å²) in [7, 11) is 1.50. The number of likely N-dealkylation sites (tertiary alicyclic amines) is 1. The molecular weight excluding hydrogens is 399 g/mol. The summed E-state index contributed by atoms with van der Waals surface area (Å²) >= 11 is 5.86. The summed E-state index contributed by atoms with van der Waals surface area (Å²) in [5, 5.41) is 3.96. The van der Waals surface area contributed by atoms with Crippen LogP contribution in [-0.4, -0.2) is 52.9 Å². The first-order valence-corrected chi connectivity index (χ1v) is 9.63. The van der Waals surface area contributed by atoms with E-state index in [1.54, 1.807) is 23.2 Å². The number of hydrogen-bond acceptors (Lipinski definition) is 3. The van der Waals surface area contributed by atoms with Crippen LogP contribution in [0.25, 0.3) is 10.9 Å². The molecule has 0 aliphatic carbocycles. The van der Waals surface area contributed by atoms with Crippen LogP contribution in [0, 0.1) is 5.82 Å². The van der Waals surface area contributed by atoms with Crippen LogP contribution >= 0.6 is 11.6 Å². The van der Waals surface area contributed by atoms with Crippen molar-refractivity contribution in [3.05, 3.63) is 52.7 Å². The molecule has 29 heavy (non-hydrogen) atoms. The van der Waals surface area contributed by atoms with E-state index in [1.807, 2.05) is 0 Å². The molecule has 1 aliphatic heterocycles. The van der Waals surface area contributed by atoms with E-state index in [0.29, 0.717) is 47.8 Å². The van der Waals surface area contributed by atoms with Crippen LogP contribution in [-0.2, 0) is 0 Å². The van der Waals surface area contributed by atoms with E-state index in [1.165, 1.54) is 19.2 Å². The minimum Gasteiger partial charge on any atom is -0.496 e. The van der Waals surface area contributed by atoms with Crippen LogP contribution in [0.1, 0.15) is 33.8 Å². The molecule has 3 N–H and O–H groups in total. The molecule has 1 fully saturated rings. The maximum atomic E-state index is 14.0. The van der Waals surface area contributed by atoms with Gasteiger partial charge in [0.15, 0.2) is 0 Å². The second kappa shape index (κ2) is 7.79. The number of amides is 2. The lowest BCUT2D eigenvalue weighted by Gasteiger charge is -2.32. The highest BCUT2D eigenvalue weighted by Gasteiger charge is 2.26. The van der Waals surface area contributed by atoms with E-state index >= 15 is 0 Å². The molecule has 0 spiro atoms. The Morgan fingerprint density at radius 3 is 2.66 bits per heavy atom. The SMILES string of the molecule is COc1ccc(F)c2[nH]c(C(=O)NC3CCN(C(=O)c4cc(Cl)c[nH]4)CC3)cc12. The minimum absolute atomic E-state index is 0.0723. The van der Waals surface area contributed by atoms with Crippen molar-refractivity contribution in [1.82, 2.24) is 20.2 Å². The molecule has 0 atom stereocenters. The maximum absolute atomic E-state index is 14.0. The fourth-order valence-corrected chi connectivity index (χ4v) is 3.78. The van der Waals surface area contributed by atoms with Gasteiger partial charge in [0.05, 0.1) is 17.6 Å². The van der Waals surface area contributed by atoms with Crippen LogP contribution in [0.15, 0.2) is 30.5 Å². The average molecular weight is 419 g/mol. The first kappa shape index (κ1) is 19.3. The lowest BCUT2D eigenvalue weighted by Crippen LogP contribution is -2.46.